The quantitative estimate of drug-likeness (QED) is 0.866. The Morgan fingerprint density at radius 1 is 1.36 bits per heavy atom. The molecule has 2 atom stereocenters. The fourth-order valence-corrected chi connectivity index (χ4v) is 3.29. The minimum Gasteiger partial charge on any atom is -0.481 e. The fraction of sp³-hybridized carbons (Fsp3) is 0.389. The van der Waals surface area contributed by atoms with Gasteiger partial charge in [0.15, 0.2) is 0 Å². The van der Waals surface area contributed by atoms with Gasteiger partial charge in [0.25, 0.3) is 0 Å². The number of benzene rings is 1. The second kappa shape index (κ2) is 7.48. The SMILES string of the molecule is COCCN1C(=O)CC[C@H](C(=O)O)[C@@H]1c1cnn(-c2ccccc2)c1. The van der Waals surface area contributed by atoms with E-state index in [0.29, 0.717) is 19.6 Å². The Morgan fingerprint density at radius 2 is 2.12 bits per heavy atom. The largest absolute Gasteiger partial charge is 0.481 e. The van der Waals surface area contributed by atoms with Gasteiger partial charge in [0.05, 0.1) is 30.5 Å². The summed E-state index contributed by atoms with van der Waals surface area (Å²) in [7, 11) is 1.56. The number of carboxylic acid groups (broad SMARTS) is 1. The summed E-state index contributed by atoms with van der Waals surface area (Å²) < 4.78 is 6.78. The topological polar surface area (TPSA) is 84.7 Å². The lowest BCUT2D eigenvalue weighted by Crippen LogP contribution is -2.46. The molecular formula is C18H21N3O4. The van der Waals surface area contributed by atoms with E-state index in [0.717, 1.165) is 11.3 Å². The van der Waals surface area contributed by atoms with Crippen molar-refractivity contribution in [3.8, 4) is 5.69 Å². The average molecular weight is 343 g/mol. The number of piperidine rings is 1. The molecule has 2 heterocycles. The fourth-order valence-electron chi connectivity index (χ4n) is 3.29. The van der Waals surface area contributed by atoms with Crippen LogP contribution in [0.15, 0.2) is 42.7 Å². The van der Waals surface area contributed by atoms with Crippen LogP contribution in [-0.4, -0.2) is 51.9 Å². The molecule has 1 aromatic heterocycles. The number of hydrogen-bond acceptors (Lipinski definition) is 4. The third kappa shape index (κ3) is 3.56. The maximum Gasteiger partial charge on any atom is 0.308 e. The highest BCUT2D eigenvalue weighted by Gasteiger charge is 2.41. The van der Waals surface area contributed by atoms with Crippen molar-refractivity contribution in [2.75, 3.05) is 20.3 Å². The minimum atomic E-state index is -0.896. The molecule has 0 bridgehead atoms. The lowest BCUT2D eigenvalue weighted by molar-refractivity contribution is -0.152. The van der Waals surface area contributed by atoms with Crippen LogP contribution in [0.5, 0.6) is 0 Å². The van der Waals surface area contributed by atoms with Crippen LogP contribution in [-0.2, 0) is 14.3 Å². The van der Waals surface area contributed by atoms with Crippen LogP contribution in [0.2, 0.25) is 0 Å². The summed E-state index contributed by atoms with van der Waals surface area (Å²) in [4.78, 5) is 25.7. The Morgan fingerprint density at radius 3 is 2.80 bits per heavy atom. The Kier molecular flexibility index (Phi) is 5.14. The van der Waals surface area contributed by atoms with Gasteiger partial charge in [0.2, 0.25) is 5.91 Å². The van der Waals surface area contributed by atoms with Crippen molar-refractivity contribution in [3.05, 3.63) is 48.3 Å². The Bertz CT molecular complexity index is 744. The summed E-state index contributed by atoms with van der Waals surface area (Å²) >= 11 is 0. The van der Waals surface area contributed by atoms with E-state index in [4.69, 9.17) is 4.74 Å². The van der Waals surface area contributed by atoms with Gasteiger partial charge in [0, 0.05) is 31.8 Å². The lowest BCUT2D eigenvalue weighted by Gasteiger charge is -2.39. The molecule has 1 amide bonds. The second-order valence-electron chi connectivity index (χ2n) is 6.06. The smallest absolute Gasteiger partial charge is 0.308 e. The zero-order valence-electron chi connectivity index (χ0n) is 14.0. The number of rotatable bonds is 6. The van der Waals surface area contributed by atoms with E-state index in [9.17, 15) is 14.7 Å². The van der Waals surface area contributed by atoms with Crippen LogP contribution in [0.4, 0.5) is 0 Å². The first-order chi connectivity index (χ1) is 12.1. The van der Waals surface area contributed by atoms with Crippen molar-refractivity contribution in [2.24, 2.45) is 5.92 Å². The highest BCUT2D eigenvalue weighted by molar-refractivity contribution is 5.81. The minimum absolute atomic E-state index is 0.0491. The second-order valence-corrected chi connectivity index (χ2v) is 6.06. The maximum absolute atomic E-state index is 12.4. The number of hydrogen-bond donors (Lipinski definition) is 1. The Hall–Kier alpha value is -2.67. The summed E-state index contributed by atoms with van der Waals surface area (Å²) in [5.41, 5.74) is 1.60. The molecular weight excluding hydrogens is 322 g/mol. The number of likely N-dealkylation sites (tertiary alicyclic amines) is 1. The van der Waals surface area contributed by atoms with Crippen LogP contribution in [0, 0.1) is 5.92 Å². The van der Waals surface area contributed by atoms with Gasteiger partial charge in [-0.05, 0) is 18.6 Å². The number of carboxylic acids is 1. The average Bonchev–Trinajstić information content (AvgIpc) is 3.10. The number of amides is 1. The van der Waals surface area contributed by atoms with Gasteiger partial charge in [-0.2, -0.15) is 5.10 Å². The molecule has 1 N–H and O–H groups in total. The molecule has 132 valence electrons. The number of aromatic nitrogens is 2. The first-order valence-electron chi connectivity index (χ1n) is 8.23. The molecule has 0 radical (unpaired) electrons. The molecule has 1 aliphatic heterocycles. The molecule has 0 aliphatic carbocycles. The molecule has 1 saturated heterocycles. The van der Waals surface area contributed by atoms with Crippen LogP contribution in [0.1, 0.15) is 24.4 Å². The molecule has 25 heavy (non-hydrogen) atoms. The molecule has 7 heteroatoms. The van der Waals surface area contributed by atoms with Crippen LogP contribution < -0.4 is 0 Å². The predicted octanol–water partition coefficient (Wildman–Crippen LogP) is 1.88. The summed E-state index contributed by atoms with van der Waals surface area (Å²) in [5, 5.41) is 14.0. The van der Waals surface area contributed by atoms with E-state index in [1.165, 1.54) is 0 Å². The monoisotopic (exact) mass is 343 g/mol. The summed E-state index contributed by atoms with van der Waals surface area (Å²) in [6.07, 6.45) is 4.02. The normalized spacial score (nSPS) is 20.7. The molecule has 1 fully saturated rings. The summed E-state index contributed by atoms with van der Waals surface area (Å²) in [6.45, 7) is 0.724. The van der Waals surface area contributed by atoms with Gasteiger partial charge in [-0.1, -0.05) is 18.2 Å². The third-order valence-electron chi connectivity index (χ3n) is 4.52. The third-order valence-corrected chi connectivity index (χ3v) is 4.52. The van der Waals surface area contributed by atoms with E-state index < -0.39 is 17.9 Å². The maximum atomic E-state index is 12.4. The number of methoxy groups -OCH3 is 1. The highest BCUT2D eigenvalue weighted by Crippen LogP contribution is 2.36. The van der Waals surface area contributed by atoms with Gasteiger partial charge in [-0.15, -0.1) is 0 Å². The van der Waals surface area contributed by atoms with E-state index in [1.54, 1.807) is 29.1 Å². The molecule has 7 nitrogen and oxygen atoms in total. The van der Waals surface area contributed by atoms with Crippen LogP contribution in [0.3, 0.4) is 0 Å². The number of carbonyl (C=O) groups is 2. The van der Waals surface area contributed by atoms with Crippen molar-refractivity contribution in [1.82, 2.24) is 14.7 Å². The lowest BCUT2D eigenvalue weighted by atomic mass is 9.85. The van der Waals surface area contributed by atoms with E-state index in [-0.39, 0.29) is 12.3 Å². The van der Waals surface area contributed by atoms with Crippen molar-refractivity contribution >= 4 is 11.9 Å². The highest BCUT2D eigenvalue weighted by atomic mass is 16.5. The van der Waals surface area contributed by atoms with Crippen molar-refractivity contribution in [2.45, 2.75) is 18.9 Å². The van der Waals surface area contributed by atoms with E-state index in [1.807, 2.05) is 30.3 Å². The predicted molar refractivity (Wildman–Crippen MR) is 90.3 cm³/mol. The van der Waals surface area contributed by atoms with Gasteiger partial charge in [-0.25, -0.2) is 4.68 Å². The zero-order valence-corrected chi connectivity index (χ0v) is 14.0. The van der Waals surface area contributed by atoms with Gasteiger partial charge in [-0.3, -0.25) is 9.59 Å². The first kappa shape index (κ1) is 17.2. The van der Waals surface area contributed by atoms with E-state index in [2.05, 4.69) is 5.10 Å². The van der Waals surface area contributed by atoms with Gasteiger partial charge < -0.3 is 14.7 Å². The van der Waals surface area contributed by atoms with Crippen LogP contribution in [0.25, 0.3) is 5.69 Å². The standard InChI is InChI=1S/C18H21N3O4/c1-25-10-9-20-16(22)8-7-15(18(23)24)17(20)13-11-19-21(12-13)14-5-3-2-4-6-14/h2-6,11-12,15,17H,7-10H2,1H3,(H,23,24)/t15-,17-/m0/s1. The molecule has 0 spiro atoms. The van der Waals surface area contributed by atoms with Crippen LogP contribution >= 0.6 is 0 Å². The van der Waals surface area contributed by atoms with Crippen molar-refractivity contribution in [3.63, 3.8) is 0 Å². The number of ether oxygens (including phenoxy) is 1. The summed E-state index contributed by atoms with van der Waals surface area (Å²) in [6, 6.07) is 9.03. The number of carbonyl (C=O) groups excluding carboxylic acids is 1. The number of nitrogens with zero attached hydrogens (tertiary/aromatic N) is 3. The first-order valence-corrected chi connectivity index (χ1v) is 8.23. The molecule has 2 aromatic rings. The van der Waals surface area contributed by atoms with Gasteiger partial charge in [0.1, 0.15) is 0 Å². The Balaban J connectivity index is 1.95. The van der Waals surface area contributed by atoms with E-state index >= 15 is 0 Å². The molecule has 1 aromatic carbocycles. The number of aliphatic carboxylic acids is 1. The number of para-hydroxylation sites is 1. The zero-order chi connectivity index (χ0) is 17.8. The van der Waals surface area contributed by atoms with Crippen molar-refractivity contribution < 1.29 is 19.4 Å². The molecule has 0 unspecified atom stereocenters. The van der Waals surface area contributed by atoms with Gasteiger partial charge >= 0.3 is 5.97 Å². The molecule has 1 aliphatic rings. The Labute approximate surface area is 145 Å². The summed E-state index contributed by atoms with van der Waals surface area (Å²) in [5.74, 6) is -1.60. The molecule has 3 rings (SSSR count). The van der Waals surface area contributed by atoms with Crippen molar-refractivity contribution in [1.29, 1.82) is 0 Å². The molecule has 0 saturated carbocycles.